The minimum Gasteiger partial charge on any atom is -0.453 e. The number of fused-ring (bicyclic) bond motifs is 7. The molecule has 290 valence electrons. The Morgan fingerprint density at radius 3 is 1.48 bits per heavy atom. The van der Waals surface area contributed by atoms with Crippen molar-refractivity contribution in [2.45, 2.75) is 0 Å². The van der Waals surface area contributed by atoms with Gasteiger partial charge < -0.3 is 9.32 Å². The van der Waals surface area contributed by atoms with E-state index in [1.807, 2.05) is 0 Å². The van der Waals surface area contributed by atoms with Gasteiger partial charge in [0.25, 0.3) is 0 Å². The van der Waals surface area contributed by atoms with Crippen LogP contribution in [0.15, 0.2) is 241 Å². The van der Waals surface area contributed by atoms with E-state index in [1.165, 1.54) is 43.6 Å². The third-order valence-corrected chi connectivity index (χ3v) is 12.4. The van der Waals surface area contributed by atoms with Crippen molar-refractivity contribution in [3.8, 4) is 44.5 Å². The monoisotopic (exact) mass is 789 g/mol. The van der Waals surface area contributed by atoms with E-state index >= 15 is 0 Å². The molecule has 0 fully saturated rings. The van der Waals surface area contributed by atoms with Crippen LogP contribution in [0.1, 0.15) is 0 Å². The number of hydrogen-bond donors (Lipinski definition) is 0. The predicted octanol–water partition coefficient (Wildman–Crippen LogP) is 17.2. The van der Waals surface area contributed by atoms with Gasteiger partial charge in [-0.3, -0.25) is 0 Å². The predicted molar refractivity (Wildman–Crippen MR) is 263 cm³/mol. The van der Waals surface area contributed by atoms with Crippen LogP contribution in [0.5, 0.6) is 0 Å². The highest BCUT2D eigenvalue weighted by molar-refractivity contribution is 6.24. The molecular weight excluding hydrogens is 751 g/mol. The number of rotatable bonds is 7. The van der Waals surface area contributed by atoms with Gasteiger partial charge in [0.05, 0.1) is 11.4 Å². The average Bonchev–Trinajstić information content (AvgIpc) is 3.75. The van der Waals surface area contributed by atoms with Gasteiger partial charge in [-0.2, -0.15) is 0 Å². The molecule has 2 heteroatoms. The van der Waals surface area contributed by atoms with E-state index in [2.05, 4.69) is 241 Å². The molecule has 1 heterocycles. The molecule has 1 aromatic heterocycles. The van der Waals surface area contributed by atoms with Crippen molar-refractivity contribution in [3.05, 3.63) is 237 Å². The second-order valence-corrected chi connectivity index (χ2v) is 16.1. The summed E-state index contributed by atoms with van der Waals surface area (Å²) in [6, 6.07) is 85.3. The van der Waals surface area contributed by atoms with E-state index in [0.29, 0.717) is 0 Å². The maximum Gasteiger partial charge on any atom is 0.160 e. The Balaban J connectivity index is 1.01. The van der Waals surface area contributed by atoms with Crippen molar-refractivity contribution in [1.82, 2.24) is 0 Å². The highest BCUT2D eigenvalue weighted by Gasteiger charge is 2.25. The minimum absolute atomic E-state index is 0.853. The first-order valence-corrected chi connectivity index (χ1v) is 21.2. The molecule has 0 aliphatic rings. The third kappa shape index (κ3) is 6.12. The van der Waals surface area contributed by atoms with Crippen molar-refractivity contribution in [1.29, 1.82) is 0 Å². The summed E-state index contributed by atoms with van der Waals surface area (Å²) < 4.78 is 7.19. The number of anilines is 3. The summed E-state index contributed by atoms with van der Waals surface area (Å²) in [6.07, 6.45) is 0. The molecular formula is C60H39NO. The largest absolute Gasteiger partial charge is 0.453 e. The fourth-order valence-corrected chi connectivity index (χ4v) is 9.36. The fraction of sp³-hybridized carbons (Fsp3) is 0. The fourth-order valence-electron chi connectivity index (χ4n) is 9.36. The lowest BCUT2D eigenvalue weighted by Gasteiger charge is -2.28. The van der Waals surface area contributed by atoms with Gasteiger partial charge in [-0.1, -0.05) is 194 Å². The van der Waals surface area contributed by atoms with Crippen LogP contribution in [0.4, 0.5) is 17.1 Å². The normalized spacial score (nSPS) is 11.5. The van der Waals surface area contributed by atoms with Crippen molar-refractivity contribution < 1.29 is 4.42 Å². The summed E-state index contributed by atoms with van der Waals surface area (Å²) in [4.78, 5) is 2.39. The zero-order chi connectivity index (χ0) is 41.0. The molecule has 0 unspecified atom stereocenters. The van der Waals surface area contributed by atoms with Gasteiger partial charge in [-0.05, 0) is 108 Å². The van der Waals surface area contributed by atoms with Crippen molar-refractivity contribution in [2.75, 3.05) is 4.90 Å². The molecule has 2 nitrogen and oxygen atoms in total. The molecule has 11 aromatic carbocycles. The van der Waals surface area contributed by atoms with E-state index < -0.39 is 0 Å². The Hall–Kier alpha value is -8.20. The molecule has 0 spiro atoms. The molecule has 0 aliphatic heterocycles. The minimum atomic E-state index is 0.853. The quantitative estimate of drug-likeness (QED) is 0.160. The lowest BCUT2D eigenvalue weighted by molar-refractivity contribution is 0.670. The van der Waals surface area contributed by atoms with Gasteiger partial charge in [0.1, 0.15) is 5.58 Å². The van der Waals surface area contributed by atoms with E-state index in [0.717, 1.165) is 72.2 Å². The van der Waals surface area contributed by atoms with Crippen LogP contribution in [0.2, 0.25) is 0 Å². The van der Waals surface area contributed by atoms with Gasteiger partial charge in [0.2, 0.25) is 0 Å². The van der Waals surface area contributed by atoms with E-state index in [4.69, 9.17) is 4.42 Å². The smallest absolute Gasteiger partial charge is 0.160 e. The summed E-state index contributed by atoms with van der Waals surface area (Å²) in [5.74, 6) is 0. The standard InChI is InChI=1S/C60H39NO/c1-3-15-42(16-4-1)52-21-11-12-25-56(52)61(57-39-50-20-9-10-22-53(50)58-55-24-13-23-54(59(55)62-60(57)58)43-17-5-2-6-18-43)51-34-32-41(33-35-51)45-28-29-48-38-49(31-30-47(48)37-45)46-27-26-40-14-7-8-19-44(40)36-46/h1-39H. The second kappa shape index (κ2) is 14.8. The SMILES string of the molecule is c1ccc(-c2ccccc2N(c2ccc(-c3ccc4cc(-c5ccc6ccccc6c5)ccc4c3)cc2)c2cc3ccccc3c3c2oc2c(-c4ccccc4)cccc23)cc1. The summed E-state index contributed by atoms with van der Waals surface area (Å²) in [5, 5.41) is 9.49. The van der Waals surface area contributed by atoms with Crippen LogP contribution in [0.25, 0.3) is 98.8 Å². The highest BCUT2D eigenvalue weighted by Crippen LogP contribution is 2.49. The third-order valence-electron chi connectivity index (χ3n) is 12.4. The Bertz CT molecular complexity index is 3620. The maximum absolute atomic E-state index is 7.19. The van der Waals surface area contributed by atoms with Gasteiger partial charge >= 0.3 is 0 Å². The number of benzene rings is 11. The molecule has 0 N–H and O–H groups in total. The van der Waals surface area contributed by atoms with Gasteiger partial charge in [-0.25, -0.2) is 0 Å². The second-order valence-electron chi connectivity index (χ2n) is 16.1. The average molecular weight is 790 g/mol. The lowest BCUT2D eigenvalue weighted by atomic mass is 9.96. The van der Waals surface area contributed by atoms with Crippen LogP contribution < -0.4 is 4.90 Å². The molecule has 12 aromatic rings. The molecule has 12 rings (SSSR count). The molecule has 62 heavy (non-hydrogen) atoms. The Morgan fingerprint density at radius 2 is 0.774 bits per heavy atom. The topological polar surface area (TPSA) is 16.4 Å². The zero-order valence-corrected chi connectivity index (χ0v) is 33.9. The zero-order valence-electron chi connectivity index (χ0n) is 33.9. The van der Waals surface area contributed by atoms with Gasteiger partial charge in [0.15, 0.2) is 5.58 Å². The van der Waals surface area contributed by atoms with Crippen molar-refractivity contribution in [3.63, 3.8) is 0 Å². The number of furan rings is 1. The summed E-state index contributed by atoms with van der Waals surface area (Å²) in [7, 11) is 0. The van der Waals surface area contributed by atoms with Crippen LogP contribution in [0.3, 0.4) is 0 Å². The molecule has 0 bridgehead atoms. The molecule has 0 saturated heterocycles. The Kier molecular flexibility index (Phi) is 8.53. The van der Waals surface area contributed by atoms with Crippen molar-refractivity contribution in [2.24, 2.45) is 0 Å². The maximum atomic E-state index is 7.19. The lowest BCUT2D eigenvalue weighted by Crippen LogP contribution is -2.11. The molecule has 0 radical (unpaired) electrons. The van der Waals surface area contributed by atoms with Crippen LogP contribution >= 0.6 is 0 Å². The number of hydrogen-bond acceptors (Lipinski definition) is 2. The number of para-hydroxylation sites is 2. The first-order valence-electron chi connectivity index (χ1n) is 21.2. The van der Waals surface area contributed by atoms with E-state index in [9.17, 15) is 0 Å². The molecule has 0 aliphatic carbocycles. The molecule has 0 amide bonds. The molecule has 0 saturated carbocycles. The van der Waals surface area contributed by atoms with E-state index in [1.54, 1.807) is 0 Å². The Labute approximate surface area is 360 Å². The first-order chi connectivity index (χ1) is 30.7. The van der Waals surface area contributed by atoms with Crippen LogP contribution in [0, 0.1) is 0 Å². The summed E-state index contributed by atoms with van der Waals surface area (Å²) in [6.45, 7) is 0. The van der Waals surface area contributed by atoms with Gasteiger partial charge in [-0.15, -0.1) is 0 Å². The number of nitrogens with zero attached hydrogens (tertiary/aromatic N) is 1. The summed E-state index contributed by atoms with van der Waals surface area (Å²) in [5.41, 5.74) is 14.1. The van der Waals surface area contributed by atoms with Crippen LogP contribution in [-0.4, -0.2) is 0 Å². The Morgan fingerprint density at radius 1 is 0.274 bits per heavy atom. The van der Waals surface area contributed by atoms with E-state index in [-0.39, 0.29) is 0 Å². The van der Waals surface area contributed by atoms with Gasteiger partial charge in [0, 0.05) is 27.6 Å². The first kappa shape index (κ1) is 35.7. The summed E-state index contributed by atoms with van der Waals surface area (Å²) >= 11 is 0. The highest BCUT2D eigenvalue weighted by atomic mass is 16.3. The van der Waals surface area contributed by atoms with Crippen molar-refractivity contribution >= 4 is 71.3 Å². The van der Waals surface area contributed by atoms with Crippen LogP contribution in [-0.2, 0) is 0 Å². The molecule has 0 atom stereocenters.